The number of hydrogen-bond donors (Lipinski definition) is 2. The van der Waals surface area contributed by atoms with Gasteiger partial charge in [-0.2, -0.15) is 13.2 Å². The molecule has 3 heterocycles. The molecule has 2 N–H and O–H groups in total. The molecule has 1 atom stereocenters. The Morgan fingerprint density at radius 2 is 1.93 bits per heavy atom. The van der Waals surface area contributed by atoms with E-state index in [2.05, 4.69) is 29.3 Å². The van der Waals surface area contributed by atoms with Crippen LogP contribution >= 0.6 is 11.3 Å². The number of carboxylic acids is 1. The lowest BCUT2D eigenvalue weighted by molar-refractivity contribution is -0.192. The minimum absolute atomic E-state index is 0.0925. The van der Waals surface area contributed by atoms with Gasteiger partial charge in [-0.1, -0.05) is 0 Å². The molecule has 1 aromatic heterocycles. The van der Waals surface area contributed by atoms with E-state index in [9.17, 15) is 18.0 Å². The minimum Gasteiger partial charge on any atom is -0.475 e. The van der Waals surface area contributed by atoms with Crippen LogP contribution in [0.1, 0.15) is 36.4 Å². The number of alkyl halides is 3. The third kappa shape index (κ3) is 6.68. The number of carboxylic acid groups (broad SMARTS) is 1. The molecule has 30 heavy (non-hydrogen) atoms. The minimum atomic E-state index is -5.08. The summed E-state index contributed by atoms with van der Waals surface area (Å²) >= 11 is 1.86. The molecule has 2 fully saturated rings. The molecule has 1 amide bonds. The molecule has 10 heteroatoms. The van der Waals surface area contributed by atoms with E-state index in [1.807, 2.05) is 25.2 Å². The van der Waals surface area contributed by atoms with E-state index >= 15 is 0 Å². The maximum atomic E-state index is 12.8. The second-order valence-corrected chi connectivity index (χ2v) is 9.55. The Kier molecular flexibility index (Phi) is 8.29. The highest BCUT2D eigenvalue weighted by Crippen LogP contribution is 2.45. The molecular weight excluding hydrogens is 421 g/mol. The van der Waals surface area contributed by atoms with Crippen molar-refractivity contribution in [3.05, 3.63) is 21.9 Å². The monoisotopic (exact) mass is 450 g/mol. The zero-order valence-electron chi connectivity index (χ0n) is 17.4. The molecule has 3 rings (SSSR count). The second-order valence-electron chi connectivity index (χ2n) is 8.18. The van der Waals surface area contributed by atoms with Crippen LogP contribution < -0.4 is 5.32 Å². The first kappa shape index (κ1) is 24.6. The Bertz CT molecular complexity index is 730. The van der Waals surface area contributed by atoms with Gasteiger partial charge in [0.2, 0.25) is 5.91 Å². The molecule has 0 radical (unpaired) electrons. The highest BCUT2D eigenvalue weighted by atomic mass is 32.1. The van der Waals surface area contributed by atoms with Gasteiger partial charge in [0.05, 0.1) is 5.92 Å². The maximum absolute atomic E-state index is 12.8. The zero-order chi connectivity index (χ0) is 22.5. The van der Waals surface area contributed by atoms with Crippen LogP contribution in [0.5, 0.6) is 0 Å². The van der Waals surface area contributed by atoms with Gasteiger partial charge in [0, 0.05) is 54.1 Å². The summed E-state index contributed by atoms with van der Waals surface area (Å²) in [5.41, 5.74) is 0.101. The molecule has 6 nitrogen and oxygen atoms in total. The highest BCUT2D eigenvalue weighted by molar-refractivity contribution is 7.11. The number of carbonyl (C=O) groups excluding carboxylic acids is 1. The van der Waals surface area contributed by atoms with Crippen LogP contribution in [0, 0.1) is 18.3 Å². The molecule has 0 aliphatic carbocycles. The first-order valence-corrected chi connectivity index (χ1v) is 10.7. The van der Waals surface area contributed by atoms with Crippen molar-refractivity contribution < 1.29 is 32.6 Å². The van der Waals surface area contributed by atoms with Gasteiger partial charge < -0.3 is 15.2 Å². The molecule has 1 unspecified atom stereocenters. The average molecular weight is 451 g/mol. The van der Waals surface area contributed by atoms with Gasteiger partial charge in [-0.15, -0.1) is 11.3 Å². The van der Waals surface area contributed by atoms with Crippen LogP contribution in [0.4, 0.5) is 13.2 Å². The van der Waals surface area contributed by atoms with E-state index < -0.39 is 12.1 Å². The van der Waals surface area contributed by atoms with Crippen molar-refractivity contribution in [3.8, 4) is 0 Å². The van der Waals surface area contributed by atoms with E-state index in [1.165, 1.54) is 9.75 Å². The summed E-state index contributed by atoms with van der Waals surface area (Å²) in [5, 5.41) is 10.3. The molecule has 170 valence electrons. The molecule has 2 aliphatic rings. The third-order valence-corrected chi connectivity index (χ3v) is 6.36. The average Bonchev–Trinajstić information content (AvgIpc) is 3.18. The summed E-state index contributed by atoms with van der Waals surface area (Å²) in [7, 11) is 0. The predicted molar refractivity (Wildman–Crippen MR) is 107 cm³/mol. The normalized spacial score (nSPS) is 21.4. The molecule has 0 bridgehead atoms. The number of hydrogen-bond acceptors (Lipinski definition) is 5. The Labute approximate surface area is 178 Å². The Morgan fingerprint density at radius 3 is 2.40 bits per heavy atom. The fourth-order valence-electron chi connectivity index (χ4n) is 4.01. The quantitative estimate of drug-likeness (QED) is 0.735. The topological polar surface area (TPSA) is 78.9 Å². The summed E-state index contributed by atoms with van der Waals surface area (Å²) in [6.45, 7) is 10.7. The van der Waals surface area contributed by atoms with Gasteiger partial charge in [0.25, 0.3) is 0 Å². The molecular formula is C20H29F3N2O4S. The lowest BCUT2D eigenvalue weighted by atomic mass is 9.71. The Morgan fingerprint density at radius 1 is 1.33 bits per heavy atom. The number of likely N-dealkylation sites (tertiary alicyclic amines) is 1. The van der Waals surface area contributed by atoms with Gasteiger partial charge in [0.15, 0.2) is 0 Å². The van der Waals surface area contributed by atoms with Crippen molar-refractivity contribution in [2.45, 2.75) is 52.4 Å². The first-order valence-electron chi connectivity index (χ1n) is 9.89. The van der Waals surface area contributed by atoms with Crippen molar-refractivity contribution in [3.63, 3.8) is 0 Å². The number of amides is 1. The SMILES string of the molecule is Cc1ccc(CN2CC(C(=O)NC(C)C)C3(CCOCC3)C2)s1.O=C(O)C(F)(F)F. The number of carbonyl (C=O) groups is 2. The molecule has 1 spiro atoms. The summed E-state index contributed by atoms with van der Waals surface area (Å²) in [6.07, 6.45) is -3.08. The van der Waals surface area contributed by atoms with Gasteiger partial charge in [-0.25, -0.2) is 4.79 Å². The molecule has 0 aromatic carbocycles. The number of halogens is 3. The second kappa shape index (κ2) is 10.1. The fraction of sp³-hybridized carbons (Fsp3) is 0.700. The van der Waals surface area contributed by atoms with E-state index in [1.54, 1.807) is 0 Å². The number of ether oxygens (including phenoxy) is 1. The Hall–Kier alpha value is -1.65. The van der Waals surface area contributed by atoms with E-state index in [0.717, 1.165) is 45.7 Å². The first-order chi connectivity index (χ1) is 13.9. The zero-order valence-corrected chi connectivity index (χ0v) is 18.2. The Balaban J connectivity index is 0.000000396. The summed E-state index contributed by atoms with van der Waals surface area (Å²) in [5.74, 6) is -2.44. The molecule has 2 saturated heterocycles. The van der Waals surface area contributed by atoms with Crippen molar-refractivity contribution >= 4 is 23.2 Å². The van der Waals surface area contributed by atoms with Crippen LogP contribution in [-0.2, 0) is 20.9 Å². The van der Waals surface area contributed by atoms with Crippen LogP contribution in [0.3, 0.4) is 0 Å². The summed E-state index contributed by atoms with van der Waals surface area (Å²) in [6, 6.07) is 4.61. The highest BCUT2D eigenvalue weighted by Gasteiger charge is 2.50. The summed E-state index contributed by atoms with van der Waals surface area (Å²) in [4.78, 5) is 26.9. The van der Waals surface area contributed by atoms with Crippen LogP contribution in [0.2, 0.25) is 0 Å². The fourth-order valence-corrected chi connectivity index (χ4v) is 4.95. The largest absolute Gasteiger partial charge is 0.490 e. The van der Waals surface area contributed by atoms with Crippen molar-refractivity contribution in [2.75, 3.05) is 26.3 Å². The smallest absolute Gasteiger partial charge is 0.475 e. The van der Waals surface area contributed by atoms with Gasteiger partial charge in [-0.05, 0) is 45.7 Å². The molecule has 0 saturated carbocycles. The van der Waals surface area contributed by atoms with Gasteiger partial charge in [-0.3, -0.25) is 9.69 Å². The van der Waals surface area contributed by atoms with Gasteiger partial charge in [0.1, 0.15) is 0 Å². The standard InChI is InChI=1S/C18H28N2O2S.C2HF3O2/c1-13(2)19-17(21)16-11-20(10-15-5-4-14(3)23-15)12-18(16)6-8-22-9-7-18;3-2(4,5)1(6)7/h4-5,13,16H,6-12H2,1-3H3,(H,19,21);(H,6,7). The third-order valence-electron chi connectivity index (χ3n) is 5.37. The lowest BCUT2D eigenvalue weighted by Gasteiger charge is -2.37. The van der Waals surface area contributed by atoms with E-state index in [4.69, 9.17) is 14.6 Å². The lowest BCUT2D eigenvalue weighted by Crippen LogP contribution is -2.46. The van der Waals surface area contributed by atoms with Crippen molar-refractivity contribution in [1.29, 1.82) is 0 Å². The number of aryl methyl sites for hydroxylation is 1. The van der Waals surface area contributed by atoms with E-state index in [-0.39, 0.29) is 23.3 Å². The van der Waals surface area contributed by atoms with Crippen LogP contribution in [0.15, 0.2) is 12.1 Å². The number of nitrogens with zero attached hydrogens (tertiary/aromatic N) is 1. The summed E-state index contributed by atoms with van der Waals surface area (Å²) < 4.78 is 37.3. The van der Waals surface area contributed by atoms with Gasteiger partial charge >= 0.3 is 12.1 Å². The van der Waals surface area contributed by atoms with Crippen LogP contribution in [-0.4, -0.2) is 60.4 Å². The number of aliphatic carboxylic acids is 1. The van der Waals surface area contributed by atoms with Crippen LogP contribution in [0.25, 0.3) is 0 Å². The predicted octanol–water partition coefficient (Wildman–Crippen LogP) is 3.44. The van der Waals surface area contributed by atoms with E-state index in [0.29, 0.717) is 0 Å². The number of rotatable bonds is 4. The molecule has 2 aliphatic heterocycles. The maximum Gasteiger partial charge on any atom is 0.490 e. The molecule has 1 aromatic rings. The number of thiophene rings is 1. The van der Waals surface area contributed by atoms with Crippen molar-refractivity contribution in [1.82, 2.24) is 10.2 Å². The van der Waals surface area contributed by atoms with Crippen molar-refractivity contribution in [2.24, 2.45) is 11.3 Å². The number of nitrogens with one attached hydrogen (secondary N) is 1.